The summed E-state index contributed by atoms with van der Waals surface area (Å²) in [5.41, 5.74) is 9.37. The van der Waals surface area contributed by atoms with E-state index in [1.54, 1.807) is 12.3 Å². The number of nitrogens with two attached hydrogens (primary N) is 1. The van der Waals surface area contributed by atoms with Gasteiger partial charge in [0.1, 0.15) is 17.4 Å². The Morgan fingerprint density at radius 1 is 1.21 bits per heavy atom. The average Bonchev–Trinajstić information content (AvgIpc) is 3.49. The molecule has 2 N–H and O–H groups in total. The summed E-state index contributed by atoms with van der Waals surface area (Å²) in [5, 5.41) is 7.31. The number of hydrogen-bond donors (Lipinski definition) is 1. The summed E-state index contributed by atoms with van der Waals surface area (Å²) >= 11 is 6.66. The van der Waals surface area contributed by atoms with E-state index in [4.69, 9.17) is 27.2 Å². The van der Waals surface area contributed by atoms with Crippen molar-refractivity contribution < 1.29 is 13.9 Å². The lowest BCUT2D eigenvalue weighted by molar-refractivity contribution is 0.0708. The summed E-state index contributed by atoms with van der Waals surface area (Å²) in [6, 6.07) is 14.3. The van der Waals surface area contributed by atoms with Crippen molar-refractivity contribution in [3.8, 4) is 11.6 Å². The van der Waals surface area contributed by atoms with Gasteiger partial charge in [-0.25, -0.2) is 9.07 Å². The second-order valence-electron chi connectivity index (χ2n) is 10.2. The maximum atomic E-state index is 14.7. The molecule has 2 aliphatic heterocycles. The van der Waals surface area contributed by atoms with Crippen LogP contribution in [0.3, 0.4) is 0 Å². The summed E-state index contributed by atoms with van der Waals surface area (Å²) in [5.74, 6) is 0.916. The van der Waals surface area contributed by atoms with Crippen LogP contribution in [0.15, 0.2) is 54.7 Å². The highest BCUT2D eigenvalue weighted by molar-refractivity contribution is 6.35. The van der Waals surface area contributed by atoms with Crippen LogP contribution in [-0.4, -0.2) is 55.9 Å². The molecule has 0 unspecified atom stereocenters. The normalized spacial score (nSPS) is 17.1. The van der Waals surface area contributed by atoms with Crippen LogP contribution in [0.4, 0.5) is 4.39 Å². The Kier molecular flexibility index (Phi) is 5.79. The van der Waals surface area contributed by atoms with E-state index in [0.29, 0.717) is 53.7 Å². The van der Waals surface area contributed by atoms with Crippen molar-refractivity contribution in [2.75, 3.05) is 19.7 Å². The van der Waals surface area contributed by atoms with Crippen molar-refractivity contribution in [2.24, 2.45) is 5.73 Å². The van der Waals surface area contributed by atoms with E-state index in [-0.39, 0.29) is 24.3 Å². The van der Waals surface area contributed by atoms with Gasteiger partial charge in [0.15, 0.2) is 0 Å². The van der Waals surface area contributed by atoms with Gasteiger partial charge < -0.3 is 19.9 Å². The third-order valence-electron chi connectivity index (χ3n) is 7.63. The Hall–Kier alpha value is -3.95. The van der Waals surface area contributed by atoms with Crippen molar-refractivity contribution in [3.05, 3.63) is 82.5 Å². The number of fused-ring (bicyclic) bond motifs is 1. The van der Waals surface area contributed by atoms with Crippen molar-refractivity contribution in [1.29, 1.82) is 0 Å². The zero-order valence-corrected chi connectivity index (χ0v) is 21.9. The molecule has 2 aromatic carbocycles. The van der Waals surface area contributed by atoms with Crippen LogP contribution in [0.25, 0.3) is 27.6 Å². The highest BCUT2D eigenvalue weighted by Crippen LogP contribution is 2.37. The Labute approximate surface area is 228 Å². The van der Waals surface area contributed by atoms with E-state index < -0.39 is 0 Å². The van der Waals surface area contributed by atoms with Gasteiger partial charge in [-0.05, 0) is 49.2 Å². The number of carbonyl (C=O) groups excluding carboxylic acids is 1. The first-order valence-electron chi connectivity index (χ1n) is 13.1. The van der Waals surface area contributed by atoms with Gasteiger partial charge in [-0.3, -0.25) is 9.78 Å². The quantitative estimate of drug-likeness (QED) is 0.354. The van der Waals surface area contributed by atoms with Gasteiger partial charge in [-0.1, -0.05) is 23.7 Å². The molecule has 1 atom stereocenters. The molecule has 1 fully saturated rings. The predicted octanol–water partition coefficient (Wildman–Crippen LogP) is 4.71. The van der Waals surface area contributed by atoms with Crippen LogP contribution in [0.2, 0.25) is 5.02 Å². The number of rotatable bonds is 4. The monoisotopic (exact) mass is 544 g/mol. The molecule has 1 amide bonds. The Morgan fingerprint density at radius 3 is 2.95 bits per heavy atom. The second-order valence-corrected chi connectivity index (χ2v) is 10.6. The molecular weight excluding hydrogens is 519 g/mol. The predicted molar refractivity (Wildman–Crippen MR) is 147 cm³/mol. The van der Waals surface area contributed by atoms with Crippen LogP contribution >= 0.6 is 11.6 Å². The maximum absolute atomic E-state index is 14.7. The number of para-hydroxylation sites is 1. The lowest BCUT2D eigenvalue weighted by atomic mass is 10.0. The number of halogens is 2. The summed E-state index contributed by atoms with van der Waals surface area (Å²) in [4.78, 5) is 19.5. The van der Waals surface area contributed by atoms with Crippen LogP contribution in [0.1, 0.15) is 34.6 Å². The van der Waals surface area contributed by atoms with Gasteiger partial charge in [-0.2, -0.15) is 5.10 Å². The third-order valence-corrected chi connectivity index (χ3v) is 7.94. The average molecular weight is 545 g/mol. The molecule has 2 aliphatic rings. The number of pyridine rings is 1. The number of likely N-dealkylation sites (tertiary alicyclic amines) is 1. The minimum Gasteiger partial charge on any atom is -0.492 e. The molecule has 5 aromatic rings. The fraction of sp³-hybridized carbons (Fsp3) is 0.276. The number of amides is 1. The molecule has 5 heterocycles. The number of benzene rings is 2. The lowest BCUT2D eigenvalue weighted by Gasteiger charge is -2.31. The highest BCUT2D eigenvalue weighted by Gasteiger charge is 2.28. The number of aromatic nitrogens is 4. The first-order valence-corrected chi connectivity index (χ1v) is 13.5. The topological polar surface area (TPSA) is 91.2 Å². The molecule has 0 radical (unpaired) electrons. The SMILES string of the molecule is N[C@@H]1CCCN(C(=O)c2cc3c4c(n(-c5cc6cccc(Cl)c6n5Cc5ncccc5F)nc4c2)CCO3)C1. The van der Waals surface area contributed by atoms with Crippen LogP contribution in [0, 0.1) is 5.82 Å². The highest BCUT2D eigenvalue weighted by atomic mass is 35.5. The van der Waals surface area contributed by atoms with Crippen molar-refractivity contribution in [1.82, 2.24) is 24.2 Å². The van der Waals surface area contributed by atoms with E-state index in [2.05, 4.69) is 4.98 Å². The van der Waals surface area contributed by atoms with Crippen LogP contribution in [-0.2, 0) is 13.0 Å². The van der Waals surface area contributed by atoms with E-state index in [0.717, 1.165) is 40.6 Å². The van der Waals surface area contributed by atoms with E-state index in [1.165, 1.54) is 6.07 Å². The standard InChI is InChI=1S/C29H26ClFN6O2/c30-20-6-1-4-17-14-26(36(28(17)20)16-23-21(31)7-2-9-33-23)37-24-8-11-39-25-13-18(12-22(34-37)27(24)25)29(38)35-10-3-5-19(32)15-35/h1-2,4,6-7,9,12-14,19H,3,5,8,10-11,15-16,32H2/t19-/m1/s1. The van der Waals surface area contributed by atoms with Crippen molar-refractivity contribution in [2.45, 2.75) is 31.8 Å². The molecule has 0 saturated carbocycles. The minimum atomic E-state index is -0.388. The maximum Gasteiger partial charge on any atom is 0.254 e. The molecule has 7 rings (SSSR count). The number of piperidine rings is 1. The third kappa shape index (κ3) is 4.04. The van der Waals surface area contributed by atoms with Crippen LogP contribution in [0.5, 0.6) is 5.75 Å². The molecule has 0 bridgehead atoms. The molecule has 8 nitrogen and oxygen atoms in total. The van der Waals surface area contributed by atoms with Gasteiger partial charge in [0.05, 0.1) is 46.0 Å². The van der Waals surface area contributed by atoms with Gasteiger partial charge in [0.2, 0.25) is 0 Å². The summed E-state index contributed by atoms with van der Waals surface area (Å²) in [6.45, 7) is 1.85. The summed E-state index contributed by atoms with van der Waals surface area (Å²) < 4.78 is 24.5. The molecule has 39 heavy (non-hydrogen) atoms. The largest absolute Gasteiger partial charge is 0.492 e. The van der Waals surface area contributed by atoms with E-state index in [9.17, 15) is 9.18 Å². The fourth-order valence-electron chi connectivity index (χ4n) is 5.82. The van der Waals surface area contributed by atoms with Crippen molar-refractivity contribution in [3.63, 3.8) is 0 Å². The number of carbonyl (C=O) groups is 1. The molecular formula is C29H26ClFN6O2. The molecule has 3 aromatic heterocycles. The molecule has 10 heteroatoms. The second kappa shape index (κ2) is 9.36. The minimum absolute atomic E-state index is 0.00969. The Morgan fingerprint density at radius 2 is 2.10 bits per heavy atom. The van der Waals surface area contributed by atoms with Gasteiger partial charge in [0.25, 0.3) is 5.91 Å². The Bertz CT molecular complexity index is 1760. The zero-order valence-electron chi connectivity index (χ0n) is 21.1. The van der Waals surface area contributed by atoms with E-state index in [1.807, 2.05) is 50.5 Å². The lowest BCUT2D eigenvalue weighted by Crippen LogP contribution is -2.45. The van der Waals surface area contributed by atoms with Crippen molar-refractivity contribution >= 4 is 39.3 Å². The molecule has 198 valence electrons. The van der Waals surface area contributed by atoms with Gasteiger partial charge >= 0.3 is 0 Å². The smallest absolute Gasteiger partial charge is 0.254 e. The number of hydrogen-bond acceptors (Lipinski definition) is 5. The molecule has 0 spiro atoms. The molecule has 0 aliphatic carbocycles. The van der Waals surface area contributed by atoms with Gasteiger partial charge in [0, 0.05) is 42.7 Å². The first-order chi connectivity index (χ1) is 19.0. The Balaban J connectivity index is 1.39. The summed E-state index contributed by atoms with van der Waals surface area (Å²) in [6.07, 6.45) is 4.02. The molecule has 1 saturated heterocycles. The fourth-order valence-corrected chi connectivity index (χ4v) is 6.10. The zero-order chi connectivity index (χ0) is 26.7. The number of nitrogens with zero attached hydrogens (tertiary/aromatic N) is 5. The van der Waals surface area contributed by atoms with E-state index >= 15 is 0 Å². The summed E-state index contributed by atoms with van der Waals surface area (Å²) in [7, 11) is 0. The van der Waals surface area contributed by atoms with Gasteiger partial charge in [-0.15, -0.1) is 0 Å². The number of ether oxygens (including phenoxy) is 1. The first kappa shape index (κ1) is 24.1. The van der Waals surface area contributed by atoms with Crippen LogP contribution < -0.4 is 10.5 Å².